The number of thiazole rings is 1. The van der Waals surface area contributed by atoms with E-state index in [0.29, 0.717) is 44.1 Å². The van der Waals surface area contributed by atoms with Crippen LogP contribution in [0.15, 0.2) is 41.2 Å². The molecule has 0 atom stereocenters. The van der Waals surface area contributed by atoms with E-state index in [1.807, 2.05) is 22.4 Å². The van der Waals surface area contributed by atoms with Gasteiger partial charge in [-0.2, -0.15) is 13.2 Å². The number of hydrogen-bond donors (Lipinski definition) is 0. The van der Waals surface area contributed by atoms with Crippen molar-refractivity contribution in [1.29, 1.82) is 0 Å². The van der Waals surface area contributed by atoms with Gasteiger partial charge in [-0.05, 0) is 30.0 Å². The number of anilines is 1. The van der Waals surface area contributed by atoms with E-state index >= 15 is 0 Å². The highest BCUT2D eigenvalue weighted by molar-refractivity contribution is 7.20. The van der Waals surface area contributed by atoms with Crippen molar-refractivity contribution in [1.82, 2.24) is 14.9 Å². The molecule has 29 heavy (non-hydrogen) atoms. The van der Waals surface area contributed by atoms with Crippen LogP contribution in [0, 0.1) is 0 Å². The zero-order chi connectivity index (χ0) is 20.4. The summed E-state index contributed by atoms with van der Waals surface area (Å²) in [4.78, 5) is 26.0. The Kier molecular flexibility index (Phi) is 5.55. The number of carbonyl (C=O) groups excluding carboxylic acids is 1. The van der Waals surface area contributed by atoms with Crippen LogP contribution in [-0.2, 0) is 6.18 Å². The van der Waals surface area contributed by atoms with Gasteiger partial charge in [-0.1, -0.05) is 6.07 Å². The maximum atomic E-state index is 12.8. The molecular weight excluding hydrogens is 421 g/mol. The first-order valence-electron chi connectivity index (χ1n) is 8.99. The highest BCUT2D eigenvalue weighted by Gasteiger charge is 2.31. The first-order chi connectivity index (χ1) is 13.9. The SMILES string of the molecule is O=C(c1csc(-c2cccs2)n1)N1CCCN(c2ccc(C(F)(F)F)cn2)CC1. The van der Waals surface area contributed by atoms with E-state index in [2.05, 4.69) is 9.97 Å². The molecule has 4 heterocycles. The average Bonchev–Trinajstić information content (AvgIpc) is 3.34. The lowest BCUT2D eigenvalue weighted by Crippen LogP contribution is -2.35. The van der Waals surface area contributed by atoms with Crippen molar-refractivity contribution in [2.45, 2.75) is 12.6 Å². The molecule has 10 heteroatoms. The lowest BCUT2D eigenvalue weighted by atomic mass is 10.2. The molecule has 0 bridgehead atoms. The van der Waals surface area contributed by atoms with E-state index in [-0.39, 0.29) is 5.91 Å². The highest BCUT2D eigenvalue weighted by atomic mass is 32.1. The number of aromatic nitrogens is 2. The molecule has 0 radical (unpaired) electrons. The van der Waals surface area contributed by atoms with Crippen LogP contribution in [0.4, 0.5) is 19.0 Å². The minimum absolute atomic E-state index is 0.119. The zero-order valence-corrected chi connectivity index (χ0v) is 16.9. The molecule has 0 aliphatic carbocycles. The maximum Gasteiger partial charge on any atom is 0.417 e. The third kappa shape index (κ3) is 4.43. The van der Waals surface area contributed by atoms with Crippen molar-refractivity contribution < 1.29 is 18.0 Å². The van der Waals surface area contributed by atoms with Crippen LogP contribution in [0.1, 0.15) is 22.5 Å². The number of pyridine rings is 1. The highest BCUT2D eigenvalue weighted by Crippen LogP contribution is 2.30. The molecule has 0 unspecified atom stereocenters. The van der Waals surface area contributed by atoms with Crippen LogP contribution in [0.2, 0.25) is 0 Å². The number of amides is 1. The van der Waals surface area contributed by atoms with Gasteiger partial charge in [-0.15, -0.1) is 22.7 Å². The maximum absolute atomic E-state index is 12.8. The monoisotopic (exact) mass is 438 g/mol. The average molecular weight is 439 g/mol. The van der Waals surface area contributed by atoms with Gasteiger partial charge < -0.3 is 9.80 Å². The summed E-state index contributed by atoms with van der Waals surface area (Å²) in [6, 6.07) is 6.34. The number of nitrogens with zero attached hydrogens (tertiary/aromatic N) is 4. The molecule has 0 spiro atoms. The molecule has 4 rings (SSSR count). The Balaban J connectivity index is 1.41. The van der Waals surface area contributed by atoms with Crippen LogP contribution < -0.4 is 4.90 Å². The molecule has 1 aliphatic rings. The summed E-state index contributed by atoms with van der Waals surface area (Å²) in [5, 5.41) is 4.57. The largest absolute Gasteiger partial charge is 0.417 e. The van der Waals surface area contributed by atoms with Gasteiger partial charge in [0.15, 0.2) is 0 Å². The summed E-state index contributed by atoms with van der Waals surface area (Å²) < 4.78 is 38.2. The second-order valence-electron chi connectivity index (χ2n) is 6.55. The van der Waals surface area contributed by atoms with E-state index in [0.717, 1.165) is 22.1 Å². The van der Waals surface area contributed by atoms with E-state index < -0.39 is 11.7 Å². The van der Waals surface area contributed by atoms with Crippen LogP contribution in [0.25, 0.3) is 9.88 Å². The Morgan fingerprint density at radius 1 is 1.07 bits per heavy atom. The molecule has 3 aromatic rings. The molecule has 1 aliphatic heterocycles. The number of halogens is 3. The van der Waals surface area contributed by atoms with Crippen molar-refractivity contribution >= 4 is 34.4 Å². The number of alkyl halides is 3. The second kappa shape index (κ2) is 8.11. The minimum atomic E-state index is -4.40. The van der Waals surface area contributed by atoms with Crippen molar-refractivity contribution in [3.63, 3.8) is 0 Å². The Labute approximate surface area is 173 Å². The van der Waals surface area contributed by atoms with E-state index in [4.69, 9.17) is 0 Å². The van der Waals surface area contributed by atoms with Gasteiger partial charge >= 0.3 is 6.18 Å². The Morgan fingerprint density at radius 2 is 1.93 bits per heavy atom. The zero-order valence-electron chi connectivity index (χ0n) is 15.2. The minimum Gasteiger partial charge on any atom is -0.355 e. The van der Waals surface area contributed by atoms with Gasteiger partial charge in [0, 0.05) is 37.8 Å². The molecule has 0 aromatic carbocycles. The quantitative estimate of drug-likeness (QED) is 0.598. The number of hydrogen-bond acceptors (Lipinski definition) is 6. The fourth-order valence-corrected chi connectivity index (χ4v) is 4.75. The molecule has 0 saturated carbocycles. The predicted octanol–water partition coefficient (Wildman–Crippen LogP) is 4.64. The Bertz CT molecular complexity index is 970. The first kappa shape index (κ1) is 19.8. The van der Waals surface area contributed by atoms with Crippen LogP contribution in [0.3, 0.4) is 0 Å². The summed E-state index contributed by atoms with van der Waals surface area (Å²) in [5.41, 5.74) is -0.336. The Morgan fingerprint density at radius 3 is 2.62 bits per heavy atom. The van der Waals surface area contributed by atoms with Crippen LogP contribution >= 0.6 is 22.7 Å². The smallest absolute Gasteiger partial charge is 0.355 e. The Hall–Kier alpha value is -2.46. The molecule has 1 amide bonds. The van der Waals surface area contributed by atoms with Gasteiger partial charge in [0.1, 0.15) is 16.5 Å². The van der Waals surface area contributed by atoms with Gasteiger partial charge in [0.2, 0.25) is 0 Å². The van der Waals surface area contributed by atoms with Gasteiger partial charge in [0.25, 0.3) is 5.91 Å². The molecule has 1 fully saturated rings. The number of rotatable bonds is 3. The third-order valence-corrected chi connectivity index (χ3v) is 6.52. The number of thiophene rings is 1. The van der Waals surface area contributed by atoms with Crippen molar-refractivity contribution in [3.05, 3.63) is 52.5 Å². The summed E-state index contributed by atoms with van der Waals surface area (Å²) in [6.45, 7) is 2.17. The first-order valence-corrected chi connectivity index (χ1v) is 10.7. The van der Waals surface area contributed by atoms with E-state index in [1.54, 1.807) is 21.6 Å². The van der Waals surface area contributed by atoms with Crippen LogP contribution in [0.5, 0.6) is 0 Å². The van der Waals surface area contributed by atoms with Gasteiger partial charge in [-0.3, -0.25) is 4.79 Å². The topological polar surface area (TPSA) is 49.3 Å². The summed E-state index contributed by atoms with van der Waals surface area (Å²) >= 11 is 3.02. The number of carbonyl (C=O) groups is 1. The molecule has 0 N–H and O–H groups in total. The van der Waals surface area contributed by atoms with Gasteiger partial charge in [-0.25, -0.2) is 9.97 Å². The fraction of sp³-hybridized carbons (Fsp3) is 0.316. The molecule has 5 nitrogen and oxygen atoms in total. The summed E-state index contributed by atoms with van der Waals surface area (Å²) in [7, 11) is 0. The fourth-order valence-electron chi connectivity index (χ4n) is 3.14. The second-order valence-corrected chi connectivity index (χ2v) is 8.36. The molecule has 152 valence electrons. The van der Waals surface area contributed by atoms with Crippen molar-refractivity contribution in [2.75, 3.05) is 31.1 Å². The predicted molar refractivity (Wildman–Crippen MR) is 107 cm³/mol. The van der Waals surface area contributed by atoms with Crippen molar-refractivity contribution in [3.8, 4) is 9.88 Å². The molecule has 3 aromatic heterocycles. The summed E-state index contributed by atoms with van der Waals surface area (Å²) in [6.07, 6.45) is -2.84. The lowest BCUT2D eigenvalue weighted by molar-refractivity contribution is -0.137. The van der Waals surface area contributed by atoms with E-state index in [9.17, 15) is 18.0 Å². The third-order valence-electron chi connectivity index (χ3n) is 4.64. The normalized spacial score (nSPS) is 15.4. The van der Waals surface area contributed by atoms with Crippen molar-refractivity contribution in [2.24, 2.45) is 0 Å². The standard InChI is InChI=1S/C19H17F3N4OS2/c20-19(21,22)13-4-5-16(23-11-13)25-6-2-7-26(9-8-25)18(27)14-12-29-17(24-14)15-3-1-10-28-15/h1,3-5,10-12H,2,6-9H2. The summed E-state index contributed by atoms with van der Waals surface area (Å²) in [5.74, 6) is 0.368. The lowest BCUT2D eigenvalue weighted by Gasteiger charge is -2.22. The molecule has 1 saturated heterocycles. The van der Waals surface area contributed by atoms with Crippen LogP contribution in [-0.4, -0.2) is 47.0 Å². The molecular formula is C19H17F3N4OS2. The van der Waals surface area contributed by atoms with E-state index in [1.165, 1.54) is 17.4 Å². The van der Waals surface area contributed by atoms with Gasteiger partial charge in [0.05, 0.1) is 10.4 Å².